The predicted molar refractivity (Wildman–Crippen MR) is 83.2 cm³/mol. The van der Waals surface area contributed by atoms with Crippen LogP contribution in [0.15, 0.2) is 55.1 Å². The van der Waals surface area contributed by atoms with E-state index in [0.717, 1.165) is 20.1 Å². The average molecular weight is 404 g/mol. The molecule has 0 N–H and O–H groups in total. The Hall–Kier alpha value is -0.650. The van der Waals surface area contributed by atoms with Gasteiger partial charge in [0.15, 0.2) is 0 Å². The molecule has 0 heterocycles. The first kappa shape index (κ1) is 14.8. The summed E-state index contributed by atoms with van der Waals surface area (Å²) in [6, 6.07) is 10.6. The van der Waals surface area contributed by atoms with Crippen LogP contribution in [0.5, 0.6) is 0 Å². The predicted octanol–water partition coefficient (Wildman–Crippen LogP) is 4.66. The van der Waals surface area contributed by atoms with E-state index in [9.17, 15) is 8.42 Å². The van der Waals surface area contributed by atoms with Gasteiger partial charge in [0.2, 0.25) is 9.84 Å². The van der Waals surface area contributed by atoms with Gasteiger partial charge in [-0.1, -0.05) is 44.0 Å². The zero-order chi connectivity index (χ0) is 14.2. The highest BCUT2D eigenvalue weighted by molar-refractivity contribution is 9.10. The van der Waals surface area contributed by atoms with E-state index in [0.29, 0.717) is 9.79 Å². The van der Waals surface area contributed by atoms with Crippen molar-refractivity contribution in [1.82, 2.24) is 0 Å². The van der Waals surface area contributed by atoms with Crippen LogP contribution < -0.4 is 0 Å². The molecule has 5 heteroatoms. The zero-order valence-electron chi connectivity index (χ0n) is 10.4. The van der Waals surface area contributed by atoms with Crippen LogP contribution in [-0.4, -0.2) is 8.42 Å². The topological polar surface area (TPSA) is 34.1 Å². The molecule has 0 amide bonds. The summed E-state index contributed by atoms with van der Waals surface area (Å²) in [6.07, 6.45) is 0. The standard InChI is InChI=1S/C14H12Br2O2S/c1-9-3-5-11(15)7-13(9)19(17,18)14-8-12(16)6-4-10(14)2/h3-8H,1-2H3. The Bertz CT molecular complexity index is 680. The van der Waals surface area contributed by atoms with Crippen molar-refractivity contribution in [3.05, 3.63) is 56.5 Å². The summed E-state index contributed by atoms with van der Waals surface area (Å²) >= 11 is 6.64. The highest BCUT2D eigenvalue weighted by Crippen LogP contribution is 2.30. The molecule has 0 spiro atoms. The first-order valence-corrected chi connectivity index (χ1v) is 8.66. The fourth-order valence-electron chi connectivity index (χ4n) is 1.85. The van der Waals surface area contributed by atoms with Crippen molar-refractivity contribution in [2.45, 2.75) is 23.6 Å². The SMILES string of the molecule is Cc1ccc(Br)cc1S(=O)(=O)c1cc(Br)ccc1C. The second-order valence-corrected chi connectivity index (χ2v) is 8.04. The first-order chi connectivity index (χ1) is 8.82. The normalized spacial score (nSPS) is 11.6. The summed E-state index contributed by atoms with van der Waals surface area (Å²) < 4.78 is 27.0. The Morgan fingerprint density at radius 2 is 1.16 bits per heavy atom. The van der Waals surface area contributed by atoms with E-state index in [1.165, 1.54) is 0 Å². The summed E-state index contributed by atoms with van der Waals surface area (Å²) in [6.45, 7) is 3.60. The van der Waals surface area contributed by atoms with Crippen molar-refractivity contribution in [1.29, 1.82) is 0 Å². The molecule has 0 unspecified atom stereocenters. The summed E-state index contributed by atoms with van der Waals surface area (Å²) in [5.41, 5.74) is 1.48. The molecule has 0 aliphatic heterocycles. The third-order valence-corrected chi connectivity index (χ3v) is 5.90. The molecule has 2 aromatic carbocycles. The molecule has 0 saturated heterocycles. The quantitative estimate of drug-likeness (QED) is 0.730. The van der Waals surface area contributed by atoms with Gasteiger partial charge < -0.3 is 0 Å². The lowest BCUT2D eigenvalue weighted by Gasteiger charge is -2.11. The molecule has 0 bridgehead atoms. The highest BCUT2D eigenvalue weighted by Gasteiger charge is 2.22. The fourth-order valence-corrected chi connectivity index (χ4v) is 4.66. The number of hydrogen-bond acceptors (Lipinski definition) is 2. The molecular formula is C14H12Br2O2S. The Kier molecular flexibility index (Phi) is 4.18. The molecule has 2 aromatic rings. The van der Waals surface area contributed by atoms with Gasteiger partial charge >= 0.3 is 0 Å². The largest absolute Gasteiger partial charge is 0.218 e. The minimum atomic E-state index is -3.51. The van der Waals surface area contributed by atoms with Gasteiger partial charge in [-0.3, -0.25) is 0 Å². The van der Waals surface area contributed by atoms with Crippen LogP contribution in [0.1, 0.15) is 11.1 Å². The molecule has 100 valence electrons. The Morgan fingerprint density at radius 1 is 0.789 bits per heavy atom. The van der Waals surface area contributed by atoms with Gasteiger partial charge in [0.25, 0.3) is 0 Å². The molecular weight excluding hydrogens is 392 g/mol. The molecule has 0 aromatic heterocycles. The van der Waals surface area contributed by atoms with E-state index in [2.05, 4.69) is 31.9 Å². The number of benzene rings is 2. The summed E-state index contributed by atoms with van der Waals surface area (Å²) in [4.78, 5) is 0.672. The Labute approximate surface area is 130 Å². The molecule has 2 nitrogen and oxygen atoms in total. The third kappa shape index (κ3) is 2.93. The molecule has 0 fully saturated rings. The van der Waals surface area contributed by atoms with Gasteiger partial charge in [-0.25, -0.2) is 8.42 Å². The van der Waals surface area contributed by atoms with Crippen LogP contribution in [0.3, 0.4) is 0 Å². The minimum Gasteiger partial charge on any atom is -0.218 e. The molecule has 0 radical (unpaired) electrons. The number of rotatable bonds is 2. The van der Waals surface area contributed by atoms with Gasteiger partial charge in [-0.15, -0.1) is 0 Å². The average Bonchev–Trinajstić information content (AvgIpc) is 2.35. The number of halogens is 2. The molecule has 0 saturated carbocycles. The maximum Gasteiger partial charge on any atom is 0.207 e. The van der Waals surface area contributed by atoms with Gasteiger partial charge in [0.05, 0.1) is 9.79 Å². The summed E-state index contributed by atoms with van der Waals surface area (Å²) in [7, 11) is -3.51. The van der Waals surface area contributed by atoms with Crippen LogP contribution in [0.2, 0.25) is 0 Å². The summed E-state index contributed by atoms with van der Waals surface area (Å²) in [5, 5.41) is 0. The molecule has 19 heavy (non-hydrogen) atoms. The van der Waals surface area contributed by atoms with Crippen LogP contribution >= 0.6 is 31.9 Å². The number of sulfone groups is 1. The molecule has 0 aliphatic rings. The fraction of sp³-hybridized carbons (Fsp3) is 0.143. The van der Waals surface area contributed by atoms with Gasteiger partial charge in [0.1, 0.15) is 0 Å². The van der Waals surface area contributed by atoms with E-state index in [4.69, 9.17) is 0 Å². The second kappa shape index (κ2) is 5.38. The molecule has 0 atom stereocenters. The lowest BCUT2D eigenvalue weighted by atomic mass is 10.2. The van der Waals surface area contributed by atoms with Crippen molar-refractivity contribution in [3.63, 3.8) is 0 Å². The first-order valence-electron chi connectivity index (χ1n) is 5.60. The molecule has 0 aliphatic carbocycles. The zero-order valence-corrected chi connectivity index (χ0v) is 14.4. The van der Waals surface area contributed by atoms with Crippen LogP contribution in [-0.2, 0) is 9.84 Å². The van der Waals surface area contributed by atoms with Crippen molar-refractivity contribution in [2.75, 3.05) is 0 Å². The Morgan fingerprint density at radius 3 is 1.53 bits per heavy atom. The van der Waals surface area contributed by atoms with E-state index in [1.807, 2.05) is 12.1 Å². The van der Waals surface area contributed by atoms with Gasteiger partial charge in [-0.05, 0) is 49.2 Å². The van der Waals surface area contributed by atoms with Crippen LogP contribution in [0, 0.1) is 13.8 Å². The minimum absolute atomic E-state index is 0.336. The van der Waals surface area contributed by atoms with E-state index in [1.54, 1.807) is 38.1 Å². The number of aryl methyl sites for hydroxylation is 2. The lowest BCUT2D eigenvalue weighted by Crippen LogP contribution is -2.06. The smallest absolute Gasteiger partial charge is 0.207 e. The lowest BCUT2D eigenvalue weighted by molar-refractivity contribution is 0.595. The van der Waals surface area contributed by atoms with E-state index in [-0.39, 0.29) is 0 Å². The van der Waals surface area contributed by atoms with Crippen molar-refractivity contribution < 1.29 is 8.42 Å². The number of hydrogen-bond donors (Lipinski definition) is 0. The van der Waals surface area contributed by atoms with Crippen LogP contribution in [0.25, 0.3) is 0 Å². The second-order valence-electron chi connectivity index (χ2n) is 4.32. The van der Waals surface area contributed by atoms with Gasteiger partial charge in [-0.2, -0.15) is 0 Å². The summed E-state index contributed by atoms with van der Waals surface area (Å²) in [5.74, 6) is 0. The maximum atomic E-state index is 12.7. The molecule has 2 rings (SSSR count). The van der Waals surface area contributed by atoms with Crippen molar-refractivity contribution in [3.8, 4) is 0 Å². The van der Waals surface area contributed by atoms with Gasteiger partial charge in [0, 0.05) is 8.95 Å². The Balaban J connectivity index is 2.72. The van der Waals surface area contributed by atoms with Crippen LogP contribution in [0.4, 0.5) is 0 Å². The maximum absolute atomic E-state index is 12.7. The van der Waals surface area contributed by atoms with Crippen molar-refractivity contribution in [2.24, 2.45) is 0 Å². The third-order valence-electron chi connectivity index (χ3n) is 2.88. The van der Waals surface area contributed by atoms with E-state index >= 15 is 0 Å². The highest BCUT2D eigenvalue weighted by atomic mass is 79.9. The van der Waals surface area contributed by atoms with Crippen molar-refractivity contribution >= 4 is 41.7 Å². The van der Waals surface area contributed by atoms with E-state index < -0.39 is 9.84 Å². The monoisotopic (exact) mass is 402 g/mol.